The molecule has 0 aromatic heterocycles. The molecule has 5 heteroatoms. The SMILES string of the molecule is CN1CCCCC1CNc1ccc(N)cc1C(N)=O. The molecule has 1 atom stereocenters. The van der Waals surface area contributed by atoms with E-state index in [-0.39, 0.29) is 0 Å². The summed E-state index contributed by atoms with van der Waals surface area (Å²) < 4.78 is 0. The lowest BCUT2D eigenvalue weighted by atomic mass is 10.0. The van der Waals surface area contributed by atoms with Gasteiger partial charge in [0.25, 0.3) is 5.91 Å². The monoisotopic (exact) mass is 262 g/mol. The van der Waals surface area contributed by atoms with E-state index in [9.17, 15) is 4.79 Å². The fourth-order valence-electron chi connectivity index (χ4n) is 2.55. The lowest BCUT2D eigenvalue weighted by Crippen LogP contribution is -2.41. The first-order chi connectivity index (χ1) is 9.08. The Bertz CT molecular complexity index is 461. The number of hydrogen-bond donors (Lipinski definition) is 3. The largest absolute Gasteiger partial charge is 0.399 e. The number of nitrogen functional groups attached to an aromatic ring is 1. The molecule has 1 saturated heterocycles. The van der Waals surface area contributed by atoms with E-state index in [0.29, 0.717) is 17.3 Å². The van der Waals surface area contributed by atoms with Crippen LogP contribution in [0.5, 0.6) is 0 Å². The molecule has 104 valence electrons. The number of carbonyl (C=O) groups excluding carboxylic acids is 1. The van der Waals surface area contributed by atoms with Gasteiger partial charge in [-0.05, 0) is 44.6 Å². The van der Waals surface area contributed by atoms with Crippen molar-refractivity contribution < 1.29 is 4.79 Å². The third-order valence-electron chi connectivity index (χ3n) is 3.76. The fourth-order valence-corrected chi connectivity index (χ4v) is 2.55. The van der Waals surface area contributed by atoms with Gasteiger partial charge in [-0.3, -0.25) is 4.79 Å². The van der Waals surface area contributed by atoms with E-state index in [4.69, 9.17) is 11.5 Å². The van der Waals surface area contributed by atoms with Gasteiger partial charge in [-0.2, -0.15) is 0 Å². The second-order valence-corrected chi connectivity index (χ2v) is 5.18. The minimum absolute atomic E-state index is 0.452. The molecule has 19 heavy (non-hydrogen) atoms. The van der Waals surface area contributed by atoms with Gasteiger partial charge in [-0.1, -0.05) is 6.42 Å². The Labute approximate surface area is 113 Å². The average molecular weight is 262 g/mol. The first kappa shape index (κ1) is 13.7. The molecule has 5 nitrogen and oxygen atoms in total. The van der Waals surface area contributed by atoms with E-state index in [1.165, 1.54) is 19.3 Å². The molecule has 0 saturated carbocycles. The summed E-state index contributed by atoms with van der Waals surface area (Å²) in [4.78, 5) is 13.8. The average Bonchev–Trinajstić information content (AvgIpc) is 2.38. The Hall–Kier alpha value is -1.75. The number of amides is 1. The molecule has 2 rings (SSSR count). The molecule has 5 N–H and O–H groups in total. The topological polar surface area (TPSA) is 84.4 Å². The maximum Gasteiger partial charge on any atom is 0.250 e. The fraction of sp³-hybridized carbons (Fsp3) is 0.500. The Balaban J connectivity index is 2.04. The van der Waals surface area contributed by atoms with Crippen molar-refractivity contribution in [3.05, 3.63) is 23.8 Å². The summed E-state index contributed by atoms with van der Waals surface area (Å²) in [6, 6.07) is 5.72. The van der Waals surface area contributed by atoms with E-state index in [1.807, 2.05) is 6.07 Å². The number of nitrogens with zero attached hydrogens (tertiary/aromatic N) is 1. The number of piperidine rings is 1. The highest BCUT2D eigenvalue weighted by Gasteiger charge is 2.19. The molecular weight excluding hydrogens is 240 g/mol. The van der Waals surface area contributed by atoms with E-state index < -0.39 is 5.91 Å². The van der Waals surface area contributed by atoms with Crippen molar-refractivity contribution in [2.45, 2.75) is 25.3 Å². The number of hydrogen-bond acceptors (Lipinski definition) is 4. The van der Waals surface area contributed by atoms with E-state index in [0.717, 1.165) is 18.8 Å². The van der Waals surface area contributed by atoms with Crippen LogP contribution in [0.3, 0.4) is 0 Å². The summed E-state index contributed by atoms with van der Waals surface area (Å²) in [5, 5.41) is 3.32. The Morgan fingerprint density at radius 1 is 1.47 bits per heavy atom. The smallest absolute Gasteiger partial charge is 0.250 e. The van der Waals surface area contributed by atoms with Gasteiger partial charge in [0.05, 0.1) is 5.56 Å². The quantitative estimate of drug-likeness (QED) is 0.713. The van der Waals surface area contributed by atoms with E-state index in [2.05, 4.69) is 17.3 Å². The van der Waals surface area contributed by atoms with Gasteiger partial charge in [0.1, 0.15) is 0 Å². The second-order valence-electron chi connectivity index (χ2n) is 5.18. The van der Waals surface area contributed by atoms with Crippen LogP contribution in [0, 0.1) is 0 Å². The molecule has 0 aliphatic carbocycles. The van der Waals surface area contributed by atoms with Gasteiger partial charge in [0.2, 0.25) is 0 Å². The first-order valence-corrected chi connectivity index (χ1v) is 6.71. The molecule has 1 unspecified atom stereocenters. The van der Waals surface area contributed by atoms with Crippen molar-refractivity contribution in [1.82, 2.24) is 4.90 Å². The van der Waals surface area contributed by atoms with Gasteiger partial charge in [0.15, 0.2) is 0 Å². The summed E-state index contributed by atoms with van der Waals surface area (Å²) in [7, 11) is 2.14. The molecule has 1 amide bonds. The third-order valence-corrected chi connectivity index (χ3v) is 3.76. The predicted molar refractivity (Wildman–Crippen MR) is 78.1 cm³/mol. The van der Waals surface area contributed by atoms with Crippen LogP contribution < -0.4 is 16.8 Å². The predicted octanol–water partition coefficient (Wildman–Crippen LogP) is 1.26. The number of carbonyl (C=O) groups is 1. The normalized spacial score (nSPS) is 20.2. The zero-order valence-corrected chi connectivity index (χ0v) is 11.4. The van der Waals surface area contributed by atoms with Crippen molar-refractivity contribution in [3.63, 3.8) is 0 Å². The number of benzene rings is 1. The summed E-state index contributed by atoms with van der Waals surface area (Å²) in [6.07, 6.45) is 3.72. The summed E-state index contributed by atoms with van der Waals surface area (Å²) in [6.45, 7) is 1.96. The minimum Gasteiger partial charge on any atom is -0.399 e. The molecule has 1 heterocycles. The van der Waals surface area contributed by atoms with Gasteiger partial charge in [-0.25, -0.2) is 0 Å². The number of anilines is 2. The maximum atomic E-state index is 11.4. The van der Waals surface area contributed by atoms with E-state index in [1.54, 1.807) is 12.1 Å². The zero-order chi connectivity index (χ0) is 13.8. The van der Waals surface area contributed by atoms with Crippen molar-refractivity contribution in [2.24, 2.45) is 5.73 Å². The maximum absolute atomic E-state index is 11.4. The molecule has 0 radical (unpaired) electrons. The van der Waals surface area contributed by atoms with Gasteiger partial charge < -0.3 is 21.7 Å². The number of likely N-dealkylation sites (N-methyl/N-ethyl adjacent to an activating group) is 1. The Kier molecular flexibility index (Phi) is 4.27. The second kappa shape index (κ2) is 5.93. The highest BCUT2D eigenvalue weighted by Crippen LogP contribution is 2.20. The van der Waals surface area contributed by atoms with Crippen LogP contribution in [0.1, 0.15) is 29.6 Å². The lowest BCUT2D eigenvalue weighted by Gasteiger charge is -2.32. The highest BCUT2D eigenvalue weighted by molar-refractivity contribution is 5.99. The summed E-state index contributed by atoms with van der Waals surface area (Å²) in [5.41, 5.74) is 12.8. The molecule has 1 fully saturated rings. The number of nitrogens with two attached hydrogens (primary N) is 2. The third kappa shape index (κ3) is 3.38. The van der Waals surface area contributed by atoms with Gasteiger partial charge in [-0.15, -0.1) is 0 Å². The number of likely N-dealkylation sites (tertiary alicyclic amines) is 1. The molecule has 1 aliphatic rings. The first-order valence-electron chi connectivity index (χ1n) is 6.71. The molecule has 0 spiro atoms. The number of rotatable bonds is 4. The van der Waals surface area contributed by atoms with Crippen LogP contribution in [-0.4, -0.2) is 37.0 Å². The van der Waals surface area contributed by atoms with E-state index >= 15 is 0 Å². The van der Waals surface area contributed by atoms with Crippen LogP contribution in [0.4, 0.5) is 11.4 Å². The van der Waals surface area contributed by atoms with Gasteiger partial charge in [0, 0.05) is 24.0 Å². The van der Waals surface area contributed by atoms with Crippen LogP contribution >= 0.6 is 0 Å². The Morgan fingerprint density at radius 3 is 2.95 bits per heavy atom. The molecule has 1 aromatic rings. The Morgan fingerprint density at radius 2 is 2.26 bits per heavy atom. The standard InChI is InChI=1S/C14H22N4O/c1-18-7-3-2-4-11(18)9-17-13-6-5-10(15)8-12(13)14(16)19/h5-6,8,11,17H,2-4,7,9,15H2,1H3,(H2,16,19). The number of primary amides is 1. The summed E-state index contributed by atoms with van der Waals surface area (Å²) >= 11 is 0. The minimum atomic E-state index is -0.452. The number of nitrogens with one attached hydrogen (secondary N) is 1. The highest BCUT2D eigenvalue weighted by atomic mass is 16.1. The van der Waals surface area contributed by atoms with Crippen LogP contribution in [0.25, 0.3) is 0 Å². The van der Waals surface area contributed by atoms with Crippen molar-refractivity contribution in [3.8, 4) is 0 Å². The lowest BCUT2D eigenvalue weighted by molar-refractivity contribution is 0.100. The molecular formula is C14H22N4O. The van der Waals surface area contributed by atoms with Crippen LogP contribution in [0.2, 0.25) is 0 Å². The van der Waals surface area contributed by atoms with Crippen molar-refractivity contribution >= 4 is 17.3 Å². The zero-order valence-electron chi connectivity index (χ0n) is 11.4. The van der Waals surface area contributed by atoms with Crippen LogP contribution in [-0.2, 0) is 0 Å². The van der Waals surface area contributed by atoms with Crippen molar-refractivity contribution in [2.75, 3.05) is 31.2 Å². The molecule has 1 aromatic carbocycles. The summed E-state index contributed by atoms with van der Waals surface area (Å²) in [5.74, 6) is -0.452. The molecule has 1 aliphatic heterocycles. The van der Waals surface area contributed by atoms with Crippen molar-refractivity contribution in [1.29, 1.82) is 0 Å². The van der Waals surface area contributed by atoms with Crippen LogP contribution in [0.15, 0.2) is 18.2 Å². The van der Waals surface area contributed by atoms with Gasteiger partial charge >= 0.3 is 0 Å². The molecule has 0 bridgehead atoms.